The molecule has 0 atom stereocenters. The third-order valence-electron chi connectivity index (χ3n) is 1.18. The van der Waals surface area contributed by atoms with Crippen LogP contribution >= 0.6 is 0 Å². The molecule has 0 aliphatic heterocycles. The molecule has 0 aromatic carbocycles. The Kier molecular flexibility index (Phi) is 4.60. The number of aryl methyl sites for hydroxylation is 1. The number of hydrogen-bond donors (Lipinski definition) is 0. The van der Waals surface area contributed by atoms with Crippen molar-refractivity contribution in [1.29, 1.82) is 0 Å². The van der Waals surface area contributed by atoms with Crippen LogP contribution in [0.15, 0.2) is 18.3 Å². The van der Waals surface area contributed by atoms with Gasteiger partial charge in [0.05, 0.1) is 4.92 Å². The van der Waals surface area contributed by atoms with Gasteiger partial charge in [0.1, 0.15) is 5.69 Å². The van der Waals surface area contributed by atoms with Crippen molar-refractivity contribution < 1.29 is 4.92 Å². The second-order valence-electron chi connectivity index (χ2n) is 1.87. The van der Waals surface area contributed by atoms with Gasteiger partial charge < -0.3 is 0 Å². The van der Waals surface area contributed by atoms with Crippen molar-refractivity contribution in [3.05, 3.63) is 34.1 Å². The van der Waals surface area contributed by atoms with E-state index >= 15 is 0 Å². The molecule has 0 unspecified atom stereocenters. The number of nitro groups is 1. The lowest BCUT2D eigenvalue weighted by molar-refractivity contribution is -0.385. The molecule has 66 valence electrons. The topological polar surface area (TPSA) is 56.0 Å². The standard InChI is InChI=1S/C6H6N2O2.C2H6/c1-5-6(8(9)10)3-2-4-7-5;1-2/h2-4H,1H3;1-2H3. The third kappa shape index (κ3) is 2.65. The Balaban J connectivity index is 0.000000561. The van der Waals surface area contributed by atoms with Gasteiger partial charge in [-0.15, -0.1) is 0 Å². The van der Waals surface area contributed by atoms with Gasteiger partial charge in [0.15, 0.2) is 0 Å². The summed E-state index contributed by atoms with van der Waals surface area (Å²) in [5.41, 5.74) is 0.523. The van der Waals surface area contributed by atoms with E-state index in [0.717, 1.165) is 0 Å². The largest absolute Gasteiger partial charge is 0.290 e. The molecule has 0 aliphatic rings. The first-order valence-electron chi connectivity index (χ1n) is 3.78. The monoisotopic (exact) mass is 168 g/mol. The number of rotatable bonds is 1. The summed E-state index contributed by atoms with van der Waals surface area (Å²) >= 11 is 0. The Morgan fingerprint density at radius 2 is 2.08 bits per heavy atom. The SMILES string of the molecule is CC.Cc1ncccc1[N+](=O)[O-]. The fourth-order valence-electron chi connectivity index (χ4n) is 0.669. The average Bonchev–Trinajstić information content (AvgIpc) is 2.08. The van der Waals surface area contributed by atoms with Crippen LogP contribution < -0.4 is 0 Å². The predicted molar refractivity (Wildman–Crippen MR) is 47.0 cm³/mol. The zero-order chi connectivity index (χ0) is 9.56. The first-order valence-corrected chi connectivity index (χ1v) is 3.78. The highest BCUT2D eigenvalue weighted by atomic mass is 16.6. The summed E-state index contributed by atoms with van der Waals surface area (Å²) < 4.78 is 0. The quantitative estimate of drug-likeness (QED) is 0.477. The lowest BCUT2D eigenvalue weighted by Gasteiger charge is -1.91. The van der Waals surface area contributed by atoms with Gasteiger partial charge in [-0.3, -0.25) is 15.1 Å². The molecule has 0 saturated heterocycles. The van der Waals surface area contributed by atoms with E-state index in [1.54, 1.807) is 13.0 Å². The second-order valence-corrected chi connectivity index (χ2v) is 1.87. The molecule has 1 heterocycles. The van der Waals surface area contributed by atoms with Crippen molar-refractivity contribution in [2.45, 2.75) is 20.8 Å². The smallest absolute Gasteiger partial charge is 0.258 e. The first-order chi connectivity index (χ1) is 5.72. The number of aromatic nitrogens is 1. The Hall–Kier alpha value is -1.45. The Bertz CT molecular complexity index is 261. The highest BCUT2D eigenvalue weighted by molar-refractivity contribution is 5.32. The normalized spacial score (nSPS) is 8.25. The van der Waals surface area contributed by atoms with Gasteiger partial charge >= 0.3 is 0 Å². The molecule has 0 bridgehead atoms. The van der Waals surface area contributed by atoms with Crippen molar-refractivity contribution in [3.8, 4) is 0 Å². The van der Waals surface area contributed by atoms with Crippen LogP contribution in [0.5, 0.6) is 0 Å². The van der Waals surface area contributed by atoms with Crippen LogP contribution in [0.4, 0.5) is 5.69 Å². The molecule has 0 spiro atoms. The van der Waals surface area contributed by atoms with Gasteiger partial charge in [-0.1, -0.05) is 13.8 Å². The maximum atomic E-state index is 10.2. The summed E-state index contributed by atoms with van der Waals surface area (Å²) in [7, 11) is 0. The summed E-state index contributed by atoms with van der Waals surface area (Å²) in [6.07, 6.45) is 1.53. The van der Waals surface area contributed by atoms with E-state index < -0.39 is 4.92 Å². The molecule has 0 radical (unpaired) electrons. The van der Waals surface area contributed by atoms with Crippen LogP contribution in [-0.4, -0.2) is 9.91 Å². The summed E-state index contributed by atoms with van der Waals surface area (Å²) in [5, 5.41) is 10.2. The molecule has 0 N–H and O–H groups in total. The minimum atomic E-state index is -0.442. The molecule has 4 nitrogen and oxygen atoms in total. The summed E-state index contributed by atoms with van der Waals surface area (Å²) in [4.78, 5) is 13.5. The molecule has 12 heavy (non-hydrogen) atoms. The lowest BCUT2D eigenvalue weighted by atomic mass is 10.3. The summed E-state index contributed by atoms with van der Waals surface area (Å²) in [6.45, 7) is 5.61. The summed E-state index contributed by atoms with van der Waals surface area (Å²) in [6, 6.07) is 2.98. The van der Waals surface area contributed by atoms with Gasteiger partial charge in [0, 0.05) is 12.3 Å². The third-order valence-corrected chi connectivity index (χ3v) is 1.18. The minimum absolute atomic E-state index is 0.0718. The first kappa shape index (κ1) is 10.6. The molecule has 1 rings (SSSR count). The molecule has 1 aromatic heterocycles. The fourth-order valence-corrected chi connectivity index (χ4v) is 0.669. The van der Waals surface area contributed by atoms with E-state index in [2.05, 4.69) is 4.98 Å². The lowest BCUT2D eigenvalue weighted by Crippen LogP contribution is -1.92. The number of nitrogens with zero attached hydrogens (tertiary/aromatic N) is 2. The molecule has 0 fully saturated rings. The Morgan fingerprint density at radius 1 is 1.50 bits per heavy atom. The maximum absolute atomic E-state index is 10.2. The van der Waals surface area contributed by atoms with Crippen LogP contribution in [0.2, 0.25) is 0 Å². The highest BCUT2D eigenvalue weighted by Gasteiger charge is 2.07. The van der Waals surface area contributed by atoms with Crippen LogP contribution in [0.25, 0.3) is 0 Å². The van der Waals surface area contributed by atoms with E-state index in [1.165, 1.54) is 12.3 Å². The Morgan fingerprint density at radius 3 is 2.42 bits per heavy atom. The summed E-state index contributed by atoms with van der Waals surface area (Å²) in [5.74, 6) is 0. The second kappa shape index (κ2) is 5.23. The van der Waals surface area contributed by atoms with Gasteiger partial charge in [-0.2, -0.15) is 0 Å². The van der Waals surface area contributed by atoms with Gasteiger partial charge in [0.2, 0.25) is 0 Å². The van der Waals surface area contributed by atoms with E-state index in [4.69, 9.17) is 0 Å². The van der Waals surface area contributed by atoms with Crippen LogP contribution in [0.1, 0.15) is 19.5 Å². The molecule has 0 aliphatic carbocycles. The number of hydrogen-bond acceptors (Lipinski definition) is 3. The zero-order valence-corrected chi connectivity index (χ0v) is 7.44. The van der Waals surface area contributed by atoms with Crippen molar-refractivity contribution in [1.82, 2.24) is 4.98 Å². The van der Waals surface area contributed by atoms with Gasteiger partial charge in [-0.05, 0) is 13.0 Å². The fraction of sp³-hybridized carbons (Fsp3) is 0.375. The zero-order valence-electron chi connectivity index (χ0n) is 7.44. The average molecular weight is 168 g/mol. The molecule has 0 amide bonds. The van der Waals surface area contributed by atoms with E-state index in [-0.39, 0.29) is 5.69 Å². The van der Waals surface area contributed by atoms with Gasteiger partial charge in [-0.25, -0.2) is 0 Å². The van der Waals surface area contributed by atoms with Crippen molar-refractivity contribution in [2.24, 2.45) is 0 Å². The molecule has 4 heteroatoms. The van der Waals surface area contributed by atoms with Crippen molar-refractivity contribution in [2.75, 3.05) is 0 Å². The highest BCUT2D eigenvalue weighted by Crippen LogP contribution is 2.12. The van der Waals surface area contributed by atoms with E-state index in [9.17, 15) is 10.1 Å². The minimum Gasteiger partial charge on any atom is -0.258 e. The Labute approximate surface area is 71.4 Å². The number of pyridine rings is 1. The maximum Gasteiger partial charge on any atom is 0.290 e. The molecular weight excluding hydrogens is 156 g/mol. The van der Waals surface area contributed by atoms with E-state index in [0.29, 0.717) is 5.69 Å². The van der Waals surface area contributed by atoms with Gasteiger partial charge in [0.25, 0.3) is 5.69 Å². The molecule has 1 aromatic rings. The van der Waals surface area contributed by atoms with Crippen LogP contribution in [0.3, 0.4) is 0 Å². The molecular formula is C8H12N2O2. The van der Waals surface area contributed by atoms with Crippen molar-refractivity contribution >= 4 is 5.69 Å². The molecule has 0 saturated carbocycles. The predicted octanol–water partition coefficient (Wildman–Crippen LogP) is 2.32. The van der Waals surface area contributed by atoms with Crippen LogP contribution in [-0.2, 0) is 0 Å². The van der Waals surface area contributed by atoms with Crippen LogP contribution in [0, 0.1) is 17.0 Å². The van der Waals surface area contributed by atoms with E-state index in [1.807, 2.05) is 13.8 Å². The van der Waals surface area contributed by atoms with Crippen molar-refractivity contribution in [3.63, 3.8) is 0 Å².